The molecule has 2 aliphatic heterocycles. The van der Waals surface area contributed by atoms with Gasteiger partial charge in [0.1, 0.15) is 18.2 Å². The number of carbonyl (C=O) groups is 1. The van der Waals surface area contributed by atoms with Crippen molar-refractivity contribution in [2.24, 2.45) is 0 Å². The molecule has 0 aliphatic carbocycles. The van der Waals surface area contributed by atoms with Gasteiger partial charge < -0.3 is 19.1 Å². The van der Waals surface area contributed by atoms with Crippen LogP contribution in [0.2, 0.25) is 0 Å². The molecule has 0 spiro atoms. The minimum absolute atomic E-state index is 0.0160. The molecule has 208 valence electrons. The molecule has 0 radical (unpaired) electrons. The molecule has 0 bridgehead atoms. The van der Waals surface area contributed by atoms with Crippen LogP contribution in [0.1, 0.15) is 48.6 Å². The van der Waals surface area contributed by atoms with Crippen molar-refractivity contribution in [3.63, 3.8) is 0 Å². The number of aromatic nitrogens is 3. The minimum atomic E-state index is -2.50. The van der Waals surface area contributed by atoms with Crippen LogP contribution in [0.4, 0.5) is 4.39 Å². The second-order valence-corrected chi connectivity index (χ2v) is 10.0. The maximum Gasteiger partial charge on any atom is 0.335 e. The van der Waals surface area contributed by atoms with Gasteiger partial charge in [-0.2, -0.15) is 5.26 Å². The van der Waals surface area contributed by atoms with Gasteiger partial charge in [0.2, 0.25) is 5.88 Å². The second kappa shape index (κ2) is 11.5. The maximum absolute atomic E-state index is 14.5. The first-order valence-corrected chi connectivity index (χ1v) is 13.3. The van der Waals surface area contributed by atoms with Crippen LogP contribution in [0, 0.1) is 17.1 Å². The molecule has 1 saturated heterocycles. The molecule has 1 atom stereocenters. The summed E-state index contributed by atoms with van der Waals surface area (Å²) in [4.78, 5) is 23.1. The number of rotatable bonds is 9. The fourth-order valence-electron chi connectivity index (χ4n) is 4.97. The summed E-state index contributed by atoms with van der Waals surface area (Å²) in [5.74, 6) is -0.991. The molecule has 0 unspecified atom stereocenters. The van der Waals surface area contributed by atoms with Crippen molar-refractivity contribution in [2.45, 2.75) is 38.6 Å². The van der Waals surface area contributed by atoms with Crippen molar-refractivity contribution in [1.29, 1.82) is 5.26 Å². The van der Waals surface area contributed by atoms with Gasteiger partial charge in [-0.1, -0.05) is 18.2 Å². The van der Waals surface area contributed by atoms with Gasteiger partial charge in [-0.3, -0.25) is 4.90 Å². The predicted molar refractivity (Wildman–Crippen MR) is 149 cm³/mol. The number of nitriles is 1. The summed E-state index contributed by atoms with van der Waals surface area (Å²) in [6, 6.07) is 15.4. The zero-order chi connectivity index (χ0) is 30.1. The van der Waals surface area contributed by atoms with E-state index in [0.29, 0.717) is 31.7 Å². The molecule has 0 saturated carbocycles. The highest BCUT2D eigenvalue weighted by atomic mass is 19.1. The number of fused-ring (bicyclic) bond motifs is 1. The molecule has 41 heavy (non-hydrogen) atoms. The van der Waals surface area contributed by atoms with Crippen LogP contribution in [0.5, 0.6) is 5.88 Å². The van der Waals surface area contributed by atoms with E-state index < -0.39 is 18.3 Å². The zero-order valence-electron chi connectivity index (χ0n) is 24.1. The Kier molecular flexibility index (Phi) is 6.79. The molecule has 6 rings (SSSR count). The van der Waals surface area contributed by atoms with E-state index in [1.165, 1.54) is 18.2 Å². The molecular weight excluding hydrogens is 525 g/mol. The van der Waals surface area contributed by atoms with E-state index in [4.69, 9.17) is 22.5 Å². The maximum atomic E-state index is 14.5. The number of imidazole rings is 1. The van der Waals surface area contributed by atoms with Crippen LogP contribution in [-0.2, 0) is 24.4 Å². The zero-order valence-corrected chi connectivity index (χ0v) is 22.1. The van der Waals surface area contributed by atoms with Gasteiger partial charge >= 0.3 is 5.97 Å². The third-order valence-corrected chi connectivity index (χ3v) is 7.33. The number of hydrogen-bond donors (Lipinski definition) is 1. The Labute approximate surface area is 238 Å². The summed E-state index contributed by atoms with van der Waals surface area (Å²) in [5, 5.41) is 18.4. The van der Waals surface area contributed by atoms with Crippen molar-refractivity contribution < 1.29 is 26.5 Å². The predicted octanol–water partition coefficient (Wildman–Crippen LogP) is 4.80. The van der Waals surface area contributed by atoms with Crippen molar-refractivity contribution in [3.05, 3.63) is 94.7 Å². The molecule has 2 aliphatic rings. The van der Waals surface area contributed by atoms with Gasteiger partial charge in [0, 0.05) is 31.3 Å². The van der Waals surface area contributed by atoms with E-state index in [1.807, 2.05) is 12.1 Å². The summed E-state index contributed by atoms with van der Waals surface area (Å²) >= 11 is 0. The molecule has 1 N–H and O–H groups in total. The summed E-state index contributed by atoms with van der Waals surface area (Å²) in [6.45, 7) is 0.760. The fraction of sp³-hybridized carbons (Fsp3) is 0.290. The van der Waals surface area contributed by atoms with Crippen LogP contribution < -0.4 is 4.74 Å². The largest absolute Gasteiger partial charge is 0.478 e. The van der Waals surface area contributed by atoms with Gasteiger partial charge in [-0.25, -0.2) is 19.2 Å². The average molecular weight is 556 g/mol. The van der Waals surface area contributed by atoms with Crippen LogP contribution in [0.15, 0.2) is 60.7 Å². The van der Waals surface area contributed by atoms with E-state index in [1.54, 1.807) is 24.3 Å². The summed E-state index contributed by atoms with van der Waals surface area (Å²) in [6.07, 6.45) is 3.78. The van der Waals surface area contributed by atoms with Gasteiger partial charge in [-0.05, 0) is 54.8 Å². The van der Waals surface area contributed by atoms with Gasteiger partial charge in [0.05, 0.1) is 55.9 Å². The van der Waals surface area contributed by atoms with Gasteiger partial charge in [-0.15, -0.1) is 0 Å². The lowest BCUT2D eigenvalue weighted by Crippen LogP contribution is -2.33. The Balaban J connectivity index is 1.17. The summed E-state index contributed by atoms with van der Waals surface area (Å²) in [7, 11) is 0. The molecule has 1 fully saturated rings. The summed E-state index contributed by atoms with van der Waals surface area (Å²) < 4.78 is 44.3. The third kappa shape index (κ3) is 5.82. The number of carboxylic acid groups (broad SMARTS) is 1. The van der Waals surface area contributed by atoms with Crippen LogP contribution in [-0.4, -0.2) is 56.3 Å². The minimum Gasteiger partial charge on any atom is -0.478 e. The lowest BCUT2D eigenvalue weighted by molar-refractivity contribution is -0.0591. The smallest absolute Gasteiger partial charge is 0.335 e. The van der Waals surface area contributed by atoms with E-state index in [9.17, 15) is 14.3 Å². The molecule has 9 nitrogen and oxygen atoms in total. The lowest BCUT2D eigenvalue weighted by Gasteiger charge is -2.29. The highest BCUT2D eigenvalue weighted by Crippen LogP contribution is 2.26. The van der Waals surface area contributed by atoms with Crippen LogP contribution in [0.25, 0.3) is 16.6 Å². The first kappa shape index (κ1) is 24.2. The lowest BCUT2D eigenvalue weighted by atomic mass is 10.0. The first-order valence-electron chi connectivity index (χ1n) is 14.3. The number of hydrogen-bond acceptors (Lipinski definition) is 7. The van der Waals surface area contributed by atoms with Crippen molar-refractivity contribution in [1.82, 2.24) is 19.4 Å². The van der Waals surface area contributed by atoms with E-state index in [2.05, 4.69) is 20.5 Å². The Morgan fingerprint density at radius 2 is 2.12 bits per heavy atom. The number of benzene rings is 2. The number of carboxylic acids is 1. The molecule has 2 aromatic carbocycles. The molecule has 4 aromatic rings. The Bertz CT molecular complexity index is 1780. The molecule has 4 heterocycles. The topological polar surface area (TPSA) is 114 Å². The third-order valence-electron chi connectivity index (χ3n) is 7.33. The normalized spacial score (nSPS) is 18.1. The number of halogens is 1. The highest BCUT2D eigenvalue weighted by molar-refractivity contribution is 5.92. The number of pyridine rings is 1. The molecule has 0 amide bonds. The second-order valence-electron chi connectivity index (χ2n) is 10.0. The Morgan fingerprint density at radius 1 is 1.24 bits per heavy atom. The quantitative estimate of drug-likeness (QED) is 0.313. The standard InChI is InChI=1S/C31H28FN5O4/c32-25-14-20(16-33)4-5-23(25)19-41-30-3-1-2-26(35-30)21-8-11-36(12-9-21)18-29-34-27-7-6-22(31(38)39)15-28(27)37(29)17-24-10-13-40-24/h1-8,14-15,24H,9-13,17-19H2,(H,38,39)/t24-/m0/s1/i19D2. The monoisotopic (exact) mass is 555 g/mol. The van der Waals surface area contributed by atoms with Gasteiger partial charge in [0.25, 0.3) is 0 Å². The van der Waals surface area contributed by atoms with Crippen LogP contribution >= 0.6 is 0 Å². The fourth-order valence-corrected chi connectivity index (χ4v) is 4.97. The van der Waals surface area contributed by atoms with Gasteiger partial charge in [0.15, 0.2) is 0 Å². The number of ether oxygens (including phenoxy) is 2. The van der Waals surface area contributed by atoms with Crippen molar-refractivity contribution >= 4 is 22.6 Å². The molecule has 10 heteroatoms. The summed E-state index contributed by atoms with van der Waals surface area (Å²) in [5.41, 5.74) is 3.13. The first-order chi connectivity index (χ1) is 20.7. The van der Waals surface area contributed by atoms with E-state index in [0.717, 1.165) is 48.1 Å². The Morgan fingerprint density at radius 3 is 2.83 bits per heavy atom. The molecule has 2 aromatic heterocycles. The highest BCUT2D eigenvalue weighted by Gasteiger charge is 2.24. The number of nitrogens with zero attached hydrogens (tertiary/aromatic N) is 5. The average Bonchev–Trinajstić information content (AvgIpc) is 3.30. The van der Waals surface area contributed by atoms with E-state index in [-0.39, 0.29) is 28.7 Å². The number of aromatic carboxylic acids is 1. The van der Waals surface area contributed by atoms with E-state index >= 15 is 0 Å². The van der Waals surface area contributed by atoms with Crippen molar-refractivity contribution in [3.8, 4) is 11.9 Å². The van der Waals surface area contributed by atoms with Crippen molar-refractivity contribution in [2.75, 3.05) is 19.7 Å². The molecular formula is C31H28FN5O4. The Hall–Kier alpha value is -4.59. The van der Waals surface area contributed by atoms with Crippen LogP contribution in [0.3, 0.4) is 0 Å². The SMILES string of the molecule is [2H]C([2H])(Oc1cccc(C2=CCN(Cc3nc4ccc(C(=O)O)cc4n3C[C@@H]3CCO3)CC2)n1)c1ccc(C#N)cc1F.